The Morgan fingerprint density at radius 2 is 1.79 bits per heavy atom. The SMILES string of the molecule is CC(C(=O)N1CCOCC1)N1CCN(CCC(=O)Nc2cc(Cl)ccc2Cl)CC1. The molecule has 3 rings (SSSR count). The zero-order valence-electron chi connectivity index (χ0n) is 16.7. The van der Waals surface area contributed by atoms with Gasteiger partial charge in [0.05, 0.1) is 30.0 Å². The van der Waals surface area contributed by atoms with Gasteiger partial charge >= 0.3 is 0 Å². The summed E-state index contributed by atoms with van der Waals surface area (Å²) >= 11 is 12.0. The minimum absolute atomic E-state index is 0.0903. The van der Waals surface area contributed by atoms with E-state index in [9.17, 15) is 9.59 Å². The smallest absolute Gasteiger partial charge is 0.239 e. The van der Waals surface area contributed by atoms with Gasteiger partial charge < -0.3 is 19.9 Å². The number of piperazine rings is 1. The maximum atomic E-state index is 12.7. The molecule has 7 nitrogen and oxygen atoms in total. The standard InChI is InChI=1S/C20H28Cl2N4O3/c1-15(20(28)26-10-12-29-13-11-26)25-8-6-24(7-9-25)5-4-19(27)23-18-14-16(21)2-3-17(18)22/h2-3,14-15H,4-13H2,1H3,(H,23,27). The summed E-state index contributed by atoms with van der Waals surface area (Å²) in [6.07, 6.45) is 0.380. The third-order valence-electron chi connectivity index (χ3n) is 5.49. The third kappa shape index (κ3) is 6.30. The summed E-state index contributed by atoms with van der Waals surface area (Å²) in [6.45, 7) is 8.56. The highest BCUT2D eigenvalue weighted by Crippen LogP contribution is 2.25. The number of hydrogen-bond acceptors (Lipinski definition) is 5. The number of halogens is 2. The fraction of sp³-hybridized carbons (Fsp3) is 0.600. The predicted octanol–water partition coefficient (Wildman–Crippen LogP) is 2.19. The molecule has 160 valence electrons. The molecular formula is C20H28Cl2N4O3. The van der Waals surface area contributed by atoms with Crippen molar-refractivity contribution < 1.29 is 14.3 Å². The number of carbonyl (C=O) groups is 2. The molecule has 2 saturated heterocycles. The molecule has 2 amide bonds. The molecule has 0 radical (unpaired) electrons. The highest BCUT2D eigenvalue weighted by molar-refractivity contribution is 6.35. The Morgan fingerprint density at radius 3 is 2.48 bits per heavy atom. The Kier molecular flexibility index (Phi) is 8.15. The Balaban J connectivity index is 1.39. The van der Waals surface area contributed by atoms with E-state index >= 15 is 0 Å². The van der Waals surface area contributed by atoms with E-state index in [1.807, 2.05) is 11.8 Å². The van der Waals surface area contributed by atoms with E-state index < -0.39 is 0 Å². The van der Waals surface area contributed by atoms with Gasteiger partial charge in [-0.25, -0.2) is 0 Å². The molecule has 0 aromatic heterocycles. The van der Waals surface area contributed by atoms with Crippen LogP contribution in [-0.2, 0) is 14.3 Å². The van der Waals surface area contributed by atoms with E-state index in [0.29, 0.717) is 55.0 Å². The van der Waals surface area contributed by atoms with Crippen LogP contribution in [0.4, 0.5) is 5.69 Å². The second-order valence-corrected chi connectivity index (χ2v) is 8.26. The number of benzene rings is 1. The molecule has 0 saturated carbocycles. The second-order valence-electron chi connectivity index (χ2n) is 7.41. The highest BCUT2D eigenvalue weighted by atomic mass is 35.5. The predicted molar refractivity (Wildman–Crippen MR) is 115 cm³/mol. The molecule has 2 aliphatic heterocycles. The molecule has 1 aromatic carbocycles. The van der Waals surface area contributed by atoms with Gasteiger partial charge in [0.1, 0.15) is 0 Å². The number of amides is 2. The summed E-state index contributed by atoms with van der Waals surface area (Å²) in [5.74, 6) is 0.0898. The number of ether oxygens (including phenoxy) is 1. The molecule has 1 N–H and O–H groups in total. The lowest BCUT2D eigenvalue weighted by Crippen LogP contribution is -2.56. The normalized spacial score (nSPS) is 19.8. The molecule has 1 unspecified atom stereocenters. The molecule has 2 fully saturated rings. The van der Waals surface area contributed by atoms with Crippen LogP contribution >= 0.6 is 23.2 Å². The number of morpholine rings is 1. The summed E-state index contributed by atoms with van der Waals surface area (Å²) in [7, 11) is 0. The van der Waals surface area contributed by atoms with Gasteiger partial charge in [0.15, 0.2) is 0 Å². The van der Waals surface area contributed by atoms with Gasteiger partial charge in [-0.3, -0.25) is 14.5 Å². The van der Waals surface area contributed by atoms with Crippen LogP contribution in [0.1, 0.15) is 13.3 Å². The Hall–Kier alpha value is -1.38. The van der Waals surface area contributed by atoms with Crippen molar-refractivity contribution in [1.29, 1.82) is 0 Å². The van der Waals surface area contributed by atoms with Crippen molar-refractivity contribution in [1.82, 2.24) is 14.7 Å². The molecule has 0 bridgehead atoms. The summed E-state index contributed by atoms with van der Waals surface area (Å²) < 4.78 is 5.32. The van der Waals surface area contributed by atoms with E-state index in [-0.39, 0.29) is 17.9 Å². The Bertz CT molecular complexity index is 720. The summed E-state index contributed by atoms with van der Waals surface area (Å²) in [5.41, 5.74) is 0.532. The fourth-order valence-corrected chi connectivity index (χ4v) is 3.98. The first-order chi connectivity index (χ1) is 13.9. The largest absolute Gasteiger partial charge is 0.378 e. The average Bonchev–Trinajstić information content (AvgIpc) is 2.75. The highest BCUT2D eigenvalue weighted by Gasteiger charge is 2.29. The van der Waals surface area contributed by atoms with E-state index in [0.717, 1.165) is 26.2 Å². The van der Waals surface area contributed by atoms with Crippen LogP contribution in [0, 0.1) is 0 Å². The van der Waals surface area contributed by atoms with Crippen molar-refractivity contribution in [3.63, 3.8) is 0 Å². The maximum absolute atomic E-state index is 12.7. The monoisotopic (exact) mass is 442 g/mol. The number of hydrogen-bond donors (Lipinski definition) is 1. The van der Waals surface area contributed by atoms with Crippen molar-refractivity contribution in [2.24, 2.45) is 0 Å². The van der Waals surface area contributed by atoms with E-state index in [2.05, 4.69) is 15.1 Å². The number of carbonyl (C=O) groups excluding carboxylic acids is 2. The molecule has 9 heteroatoms. The van der Waals surface area contributed by atoms with Crippen LogP contribution in [0.25, 0.3) is 0 Å². The first-order valence-corrected chi connectivity index (χ1v) is 10.8. The zero-order valence-corrected chi connectivity index (χ0v) is 18.2. The van der Waals surface area contributed by atoms with Crippen molar-refractivity contribution in [3.8, 4) is 0 Å². The molecule has 0 spiro atoms. The molecule has 1 atom stereocenters. The van der Waals surface area contributed by atoms with Crippen LogP contribution in [0.3, 0.4) is 0 Å². The van der Waals surface area contributed by atoms with Gasteiger partial charge in [-0.2, -0.15) is 0 Å². The second kappa shape index (κ2) is 10.6. The van der Waals surface area contributed by atoms with Gasteiger partial charge in [-0.05, 0) is 25.1 Å². The lowest BCUT2D eigenvalue weighted by molar-refractivity contribution is -0.141. The van der Waals surface area contributed by atoms with Crippen molar-refractivity contribution in [2.45, 2.75) is 19.4 Å². The van der Waals surface area contributed by atoms with Crippen molar-refractivity contribution in [2.75, 3.05) is 64.3 Å². The third-order valence-corrected chi connectivity index (χ3v) is 6.06. The Labute approximate surface area is 181 Å². The number of rotatable bonds is 6. The quantitative estimate of drug-likeness (QED) is 0.731. The molecule has 1 aromatic rings. The number of anilines is 1. The van der Waals surface area contributed by atoms with Gasteiger partial charge in [0.2, 0.25) is 11.8 Å². The van der Waals surface area contributed by atoms with Gasteiger partial charge in [-0.15, -0.1) is 0 Å². The summed E-state index contributed by atoms with van der Waals surface area (Å²) in [5, 5.41) is 3.81. The number of nitrogens with zero attached hydrogens (tertiary/aromatic N) is 3. The minimum atomic E-state index is -0.122. The first kappa shape index (κ1) is 22.3. The van der Waals surface area contributed by atoms with Crippen LogP contribution in [0.2, 0.25) is 10.0 Å². The molecule has 0 aliphatic carbocycles. The van der Waals surface area contributed by atoms with Gasteiger partial charge in [-0.1, -0.05) is 23.2 Å². The lowest BCUT2D eigenvalue weighted by Gasteiger charge is -2.39. The summed E-state index contributed by atoms with van der Waals surface area (Å²) in [6, 6.07) is 4.87. The van der Waals surface area contributed by atoms with Gasteiger partial charge in [0, 0.05) is 57.3 Å². The van der Waals surface area contributed by atoms with Gasteiger partial charge in [0.25, 0.3) is 0 Å². The zero-order chi connectivity index (χ0) is 20.8. The molecule has 2 heterocycles. The first-order valence-electron chi connectivity index (χ1n) is 10.0. The van der Waals surface area contributed by atoms with E-state index in [4.69, 9.17) is 27.9 Å². The van der Waals surface area contributed by atoms with Crippen molar-refractivity contribution in [3.05, 3.63) is 28.2 Å². The van der Waals surface area contributed by atoms with Crippen molar-refractivity contribution >= 4 is 40.7 Å². The fourth-order valence-electron chi connectivity index (χ4n) is 3.64. The number of nitrogens with one attached hydrogen (secondary N) is 1. The lowest BCUT2D eigenvalue weighted by atomic mass is 10.2. The molecular weight excluding hydrogens is 415 g/mol. The minimum Gasteiger partial charge on any atom is -0.378 e. The topological polar surface area (TPSA) is 65.1 Å². The van der Waals surface area contributed by atoms with Crippen LogP contribution < -0.4 is 5.32 Å². The van der Waals surface area contributed by atoms with Crippen LogP contribution in [-0.4, -0.2) is 91.6 Å². The van der Waals surface area contributed by atoms with Crippen LogP contribution in [0.15, 0.2) is 18.2 Å². The van der Waals surface area contributed by atoms with E-state index in [1.165, 1.54) is 0 Å². The maximum Gasteiger partial charge on any atom is 0.239 e. The molecule has 2 aliphatic rings. The van der Waals surface area contributed by atoms with E-state index in [1.54, 1.807) is 18.2 Å². The van der Waals surface area contributed by atoms with Crippen LogP contribution in [0.5, 0.6) is 0 Å². The average molecular weight is 443 g/mol. The Morgan fingerprint density at radius 1 is 1.10 bits per heavy atom. The summed E-state index contributed by atoms with van der Waals surface area (Å²) in [4.78, 5) is 31.3. The molecule has 29 heavy (non-hydrogen) atoms.